The van der Waals surface area contributed by atoms with Crippen LogP contribution in [0.15, 0.2) is 24.3 Å². The van der Waals surface area contributed by atoms with E-state index in [1.165, 1.54) is 0 Å². The first kappa shape index (κ1) is 15.4. The van der Waals surface area contributed by atoms with Gasteiger partial charge in [-0.3, -0.25) is 4.79 Å². The number of halogens is 1. The van der Waals surface area contributed by atoms with E-state index >= 15 is 0 Å². The number of carbonyl (C=O) groups excluding carboxylic acids is 1. The molecule has 3 rings (SSSR count). The number of fused-ring (bicyclic) bond motifs is 1. The first-order chi connectivity index (χ1) is 10.6. The Morgan fingerprint density at radius 2 is 2.14 bits per heavy atom. The number of hydrogen-bond acceptors (Lipinski definition) is 2. The zero-order valence-corrected chi connectivity index (χ0v) is 13.9. The van der Waals surface area contributed by atoms with Crippen molar-refractivity contribution in [3.05, 3.63) is 35.0 Å². The molecule has 2 aromatic rings. The quantitative estimate of drug-likeness (QED) is 0.921. The van der Waals surface area contributed by atoms with Crippen LogP contribution in [0.2, 0.25) is 5.02 Å². The number of benzene rings is 1. The average Bonchev–Trinajstić information content (AvgIpc) is 2.77. The van der Waals surface area contributed by atoms with Gasteiger partial charge in [0, 0.05) is 35.1 Å². The number of aromatic amines is 1. The van der Waals surface area contributed by atoms with E-state index in [4.69, 9.17) is 11.6 Å². The van der Waals surface area contributed by atoms with Gasteiger partial charge in [-0.25, -0.2) is 0 Å². The summed E-state index contributed by atoms with van der Waals surface area (Å²) in [6, 6.07) is 8.12. The van der Waals surface area contributed by atoms with Crippen LogP contribution in [0.4, 0.5) is 0 Å². The molecular weight excluding hydrogens is 298 g/mol. The molecule has 1 N–H and O–H groups in total. The molecule has 0 spiro atoms. The standard InChI is InChI=1S/C17H22ClN3O/c1-20(2)12-5-4-9-21(10-8-12)17(22)16-11-13-14(18)6-3-7-15(13)19-16/h3,6-7,11-12,19H,4-5,8-10H2,1-2H3/t12-/m1/s1. The zero-order chi connectivity index (χ0) is 15.7. The second kappa shape index (κ2) is 6.31. The van der Waals surface area contributed by atoms with Crippen LogP contribution in [0.25, 0.3) is 10.9 Å². The van der Waals surface area contributed by atoms with Crippen molar-refractivity contribution in [1.82, 2.24) is 14.8 Å². The molecule has 1 aliphatic heterocycles. The number of likely N-dealkylation sites (tertiary alicyclic amines) is 1. The van der Waals surface area contributed by atoms with Gasteiger partial charge < -0.3 is 14.8 Å². The maximum absolute atomic E-state index is 12.7. The van der Waals surface area contributed by atoms with Crippen LogP contribution in [0.1, 0.15) is 29.8 Å². The third-order valence-corrected chi connectivity index (χ3v) is 4.89. The van der Waals surface area contributed by atoms with Crippen LogP contribution in [0.3, 0.4) is 0 Å². The predicted octanol–water partition coefficient (Wildman–Crippen LogP) is 3.38. The van der Waals surface area contributed by atoms with Crippen LogP contribution >= 0.6 is 11.6 Å². The largest absolute Gasteiger partial charge is 0.350 e. The second-order valence-corrected chi connectivity index (χ2v) is 6.63. The van der Waals surface area contributed by atoms with Crippen molar-refractivity contribution in [2.24, 2.45) is 0 Å². The lowest BCUT2D eigenvalue weighted by atomic mass is 10.1. The van der Waals surface area contributed by atoms with E-state index in [9.17, 15) is 4.79 Å². The SMILES string of the molecule is CN(C)[C@@H]1CCCN(C(=O)c2cc3c(Cl)cccc3[nH]2)CC1. The highest BCUT2D eigenvalue weighted by molar-refractivity contribution is 6.35. The predicted molar refractivity (Wildman–Crippen MR) is 90.5 cm³/mol. The summed E-state index contributed by atoms with van der Waals surface area (Å²) in [6.07, 6.45) is 3.23. The number of nitrogens with one attached hydrogen (secondary N) is 1. The molecule has 0 bridgehead atoms. The summed E-state index contributed by atoms with van der Waals surface area (Å²) in [4.78, 5) is 20.2. The van der Waals surface area contributed by atoms with Crippen molar-refractivity contribution in [3.63, 3.8) is 0 Å². The van der Waals surface area contributed by atoms with Crippen LogP contribution in [-0.2, 0) is 0 Å². The van der Waals surface area contributed by atoms with Crippen LogP contribution in [-0.4, -0.2) is 53.9 Å². The Labute approximate surface area is 136 Å². The van der Waals surface area contributed by atoms with Crippen LogP contribution < -0.4 is 0 Å². The second-order valence-electron chi connectivity index (χ2n) is 6.22. The van der Waals surface area contributed by atoms with Gasteiger partial charge in [-0.05, 0) is 51.6 Å². The zero-order valence-electron chi connectivity index (χ0n) is 13.1. The first-order valence-corrected chi connectivity index (χ1v) is 8.17. The van der Waals surface area contributed by atoms with Gasteiger partial charge in [0.15, 0.2) is 0 Å². The molecule has 4 nitrogen and oxygen atoms in total. The molecule has 0 unspecified atom stereocenters. The van der Waals surface area contributed by atoms with Crippen molar-refractivity contribution >= 4 is 28.4 Å². The minimum absolute atomic E-state index is 0.0756. The van der Waals surface area contributed by atoms with Crippen molar-refractivity contribution in [2.75, 3.05) is 27.2 Å². The third-order valence-electron chi connectivity index (χ3n) is 4.56. The van der Waals surface area contributed by atoms with Gasteiger partial charge in [0.1, 0.15) is 5.69 Å². The summed E-state index contributed by atoms with van der Waals surface area (Å²) in [5, 5.41) is 1.59. The summed E-state index contributed by atoms with van der Waals surface area (Å²) >= 11 is 6.19. The Hall–Kier alpha value is -1.52. The molecule has 5 heteroatoms. The summed E-state index contributed by atoms with van der Waals surface area (Å²) in [7, 11) is 4.23. The topological polar surface area (TPSA) is 39.3 Å². The van der Waals surface area contributed by atoms with Crippen molar-refractivity contribution in [1.29, 1.82) is 0 Å². The molecule has 1 saturated heterocycles. The van der Waals surface area contributed by atoms with Crippen molar-refractivity contribution in [3.8, 4) is 0 Å². The van der Waals surface area contributed by atoms with Gasteiger partial charge in [0.25, 0.3) is 5.91 Å². The molecule has 1 atom stereocenters. The van der Waals surface area contributed by atoms with Gasteiger partial charge in [-0.1, -0.05) is 17.7 Å². The number of aromatic nitrogens is 1. The molecule has 118 valence electrons. The molecule has 0 radical (unpaired) electrons. The maximum atomic E-state index is 12.7. The number of nitrogens with zero attached hydrogens (tertiary/aromatic N) is 2. The van der Waals surface area contributed by atoms with E-state index in [0.29, 0.717) is 16.8 Å². The molecule has 1 fully saturated rings. The Bertz CT molecular complexity index is 680. The highest BCUT2D eigenvalue weighted by Gasteiger charge is 2.23. The number of H-pyrrole nitrogens is 1. The van der Waals surface area contributed by atoms with Crippen LogP contribution in [0.5, 0.6) is 0 Å². The summed E-state index contributed by atoms with van der Waals surface area (Å²) in [6.45, 7) is 1.64. The van der Waals surface area contributed by atoms with Crippen LogP contribution in [0, 0.1) is 0 Å². The lowest BCUT2D eigenvalue weighted by molar-refractivity contribution is 0.0753. The lowest BCUT2D eigenvalue weighted by Gasteiger charge is -2.23. The van der Waals surface area contributed by atoms with E-state index < -0.39 is 0 Å². The monoisotopic (exact) mass is 319 g/mol. The van der Waals surface area contributed by atoms with E-state index in [1.54, 1.807) is 0 Å². The van der Waals surface area contributed by atoms with E-state index in [1.807, 2.05) is 29.2 Å². The molecule has 0 saturated carbocycles. The maximum Gasteiger partial charge on any atom is 0.270 e. The molecule has 1 aromatic carbocycles. The molecule has 1 amide bonds. The fourth-order valence-corrected chi connectivity index (χ4v) is 3.43. The minimum Gasteiger partial charge on any atom is -0.350 e. The van der Waals surface area contributed by atoms with Gasteiger partial charge in [0.2, 0.25) is 0 Å². The van der Waals surface area contributed by atoms with Gasteiger partial charge in [-0.2, -0.15) is 0 Å². The number of rotatable bonds is 2. The number of carbonyl (C=O) groups is 1. The average molecular weight is 320 g/mol. The Balaban J connectivity index is 1.79. The molecular formula is C17H22ClN3O. The number of hydrogen-bond donors (Lipinski definition) is 1. The summed E-state index contributed by atoms with van der Waals surface area (Å²) in [5.74, 6) is 0.0756. The van der Waals surface area contributed by atoms with E-state index in [2.05, 4.69) is 24.0 Å². The van der Waals surface area contributed by atoms with Crippen molar-refractivity contribution in [2.45, 2.75) is 25.3 Å². The van der Waals surface area contributed by atoms with Gasteiger partial charge in [0.05, 0.1) is 0 Å². The molecule has 0 aliphatic carbocycles. The highest BCUT2D eigenvalue weighted by atomic mass is 35.5. The van der Waals surface area contributed by atoms with Gasteiger partial charge in [-0.15, -0.1) is 0 Å². The normalized spacial score (nSPS) is 19.6. The Morgan fingerprint density at radius 1 is 1.32 bits per heavy atom. The van der Waals surface area contributed by atoms with E-state index in [-0.39, 0.29) is 5.91 Å². The van der Waals surface area contributed by atoms with Crippen molar-refractivity contribution < 1.29 is 4.79 Å². The molecule has 22 heavy (non-hydrogen) atoms. The number of amides is 1. The molecule has 1 aliphatic rings. The smallest absolute Gasteiger partial charge is 0.270 e. The molecule has 1 aromatic heterocycles. The van der Waals surface area contributed by atoms with E-state index in [0.717, 1.165) is 43.3 Å². The minimum atomic E-state index is 0.0756. The highest BCUT2D eigenvalue weighted by Crippen LogP contribution is 2.25. The fourth-order valence-electron chi connectivity index (χ4n) is 3.20. The first-order valence-electron chi connectivity index (χ1n) is 7.79. The Morgan fingerprint density at radius 3 is 2.86 bits per heavy atom. The lowest BCUT2D eigenvalue weighted by Crippen LogP contribution is -2.34. The third kappa shape index (κ3) is 2.99. The summed E-state index contributed by atoms with van der Waals surface area (Å²) < 4.78 is 0. The fraction of sp³-hybridized carbons (Fsp3) is 0.471. The molecule has 2 heterocycles. The Kier molecular flexibility index (Phi) is 4.41. The summed E-state index contributed by atoms with van der Waals surface area (Å²) in [5.41, 5.74) is 1.54. The van der Waals surface area contributed by atoms with Gasteiger partial charge >= 0.3 is 0 Å².